The highest BCUT2D eigenvalue weighted by molar-refractivity contribution is 5.22. The quantitative estimate of drug-likeness (QED) is 0.806. The van der Waals surface area contributed by atoms with Crippen LogP contribution < -0.4 is 0 Å². The number of aromatic hydroxyl groups is 1. The monoisotopic (exact) mass is 208 g/mol. The molecule has 0 atom stereocenters. The molecule has 1 aromatic rings. The van der Waals surface area contributed by atoms with Crippen LogP contribution in [0.4, 0.5) is 0 Å². The van der Waals surface area contributed by atoms with E-state index in [-0.39, 0.29) is 0 Å². The Morgan fingerprint density at radius 1 is 1.27 bits per heavy atom. The molecule has 4 nitrogen and oxygen atoms in total. The number of ether oxygens (including phenoxy) is 1. The smallest absolute Gasteiger partial charge is 0.209 e. The van der Waals surface area contributed by atoms with E-state index in [2.05, 4.69) is 5.10 Å². The molecule has 1 N–H and O–H groups in total. The molecular formula is C11H16N2O2. The molecule has 2 aliphatic rings. The molecule has 0 unspecified atom stereocenters. The molecule has 0 aromatic carbocycles. The summed E-state index contributed by atoms with van der Waals surface area (Å²) in [6, 6.07) is 2.15. The van der Waals surface area contributed by atoms with Crippen LogP contribution in [0.5, 0.6) is 5.88 Å². The maximum atomic E-state index is 9.82. The lowest BCUT2D eigenvalue weighted by molar-refractivity contribution is 0.0638. The Kier molecular flexibility index (Phi) is 2.16. The first-order valence-electron chi connectivity index (χ1n) is 5.71. The average molecular weight is 208 g/mol. The molecule has 0 radical (unpaired) electrons. The van der Waals surface area contributed by atoms with E-state index in [0.717, 1.165) is 31.7 Å². The van der Waals surface area contributed by atoms with Gasteiger partial charge in [0.2, 0.25) is 5.88 Å². The van der Waals surface area contributed by atoms with Gasteiger partial charge >= 0.3 is 0 Å². The summed E-state index contributed by atoms with van der Waals surface area (Å²) in [4.78, 5) is 0. The van der Waals surface area contributed by atoms with Crippen LogP contribution in [-0.4, -0.2) is 28.1 Å². The van der Waals surface area contributed by atoms with Gasteiger partial charge < -0.3 is 9.84 Å². The summed E-state index contributed by atoms with van der Waals surface area (Å²) in [7, 11) is 0. The maximum absolute atomic E-state index is 9.82. The summed E-state index contributed by atoms with van der Waals surface area (Å²) in [5.41, 5.74) is 1.07. The molecule has 1 aliphatic carbocycles. The molecule has 2 fully saturated rings. The molecule has 1 saturated carbocycles. The second-order valence-electron chi connectivity index (χ2n) is 4.49. The largest absolute Gasteiger partial charge is 0.493 e. The molecular weight excluding hydrogens is 192 g/mol. The Morgan fingerprint density at radius 2 is 2.00 bits per heavy atom. The van der Waals surface area contributed by atoms with E-state index >= 15 is 0 Å². The second-order valence-corrected chi connectivity index (χ2v) is 4.49. The molecule has 3 rings (SSSR count). The zero-order chi connectivity index (χ0) is 10.3. The van der Waals surface area contributed by atoms with Crippen molar-refractivity contribution < 1.29 is 9.84 Å². The highest BCUT2D eigenvalue weighted by atomic mass is 16.5. The van der Waals surface area contributed by atoms with Gasteiger partial charge in [-0.15, -0.1) is 0 Å². The lowest BCUT2D eigenvalue weighted by atomic mass is 10.1. The molecule has 82 valence electrons. The van der Waals surface area contributed by atoms with Crippen LogP contribution in [0.2, 0.25) is 0 Å². The first kappa shape index (κ1) is 9.21. The van der Waals surface area contributed by atoms with E-state index in [9.17, 15) is 5.11 Å². The van der Waals surface area contributed by atoms with Crippen molar-refractivity contribution >= 4 is 0 Å². The van der Waals surface area contributed by atoms with Gasteiger partial charge in [-0.3, -0.25) is 0 Å². The fourth-order valence-corrected chi connectivity index (χ4v) is 2.18. The van der Waals surface area contributed by atoms with Gasteiger partial charge in [-0.25, -0.2) is 4.68 Å². The molecule has 15 heavy (non-hydrogen) atoms. The van der Waals surface area contributed by atoms with Crippen molar-refractivity contribution in [2.75, 3.05) is 13.2 Å². The molecule has 1 saturated heterocycles. The van der Waals surface area contributed by atoms with Crippen LogP contribution in [0, 0.1) is 0 Å². The molecule has 1 aliphatic heterocycles. The molecule has 0 spiro atoms. The van der Waals surface area contributed by atoms with Crippen LogP contribution in [0.25, 0.3) is 0 Å². The molecule has 2 heterocycles. The number of rotatable bonds is 2. The minimum atomic E-state index is 0.323. The maximum Gasteiger partial charge on any atom is 0.209 e. The van der Waals surface area contributed by atoms with Gasteiger partial charge in [-0.05, 0) is 25.7 Å². The van der Waals surface area contributed by atoms with E-state index in [0.29, 0.717) is 17.8 Å². The topological polar surface area (TPSA) is 47.3 Å². The lowest BCUT2D eigenvalue weighted by Gasteiger charge is -2.22. The summed E-state index contributed by atoms with van der Waals surface area (Å²) in [5.74, 6) is 0.931. The number of hydrogen-bond acceptors (Lipinski definition) is 3. The fraction of sp³-hybridized carbons (Fsp3) is 0.727. The Bertz CT molecular complexity index is 351. The summed E-state index contributed by atoms with van der Waals surface area (Å²) < 4.78 is 7.09. The standard InChI is InChI=1S/C11H16N2O2/c14-11-7-10(8-1-2-8)12-13(11)9-3-5-15-6-4-9/h7-9,14H,1-6H2. The highest BCUT2D eigenvalue weighted by Crippen LogP contribution is 2.41. The van der Waals surface area contributed by atoms with Crippen LogP contribution in [0.3, 0.4) is 0 Å². The average Bonchev–Trinajstić information content (AvgIpc) is 3.04. The van der Waals surface area contributed by atoms with Gasteiger partial charge in [0, 0.05) is 25.2 Å². The molecule has 0 bridgehead atoms. The van der Waals surface area contributed by atoms with Gasteiger partial charge in [0.15, 0.2) is 0 Å². The first-order chi connectivity index (χ1) is 7.34. The minimum absolute atomic E-state index is 0.323. The van der Waals surface area contributed by atoms with Crippen molar-refractivity contribution in [1.82, 2.24) is 9.78 Å². The summed E-state index contributed by atoms with van der Waals surface area (Å²) in [6.07, 6.45) is 4.37. The molecule has 1 aromatic heterocycles. The fourth-order valence-electron chi connectivity index (χ4n) is 2.18. The zero-order valence-corrected chi connectivity index (χ0v) is 8.72. The Labute approximate surface area is 88.9 Å². The van der Waals surface area contributed by atoms with Crippen molar-refractivity contribution in [2.45, 2.75) is 37.6 Å². The predicted octanol–water partition coefficient (Wildman–Crippen LogP) is 1.82. The van der Waals surface area contributed by atoms with Crippen LogP contribution in [0.15, 0.2) is 6.07 Å². The highest BCUT2D eigenvalue weighted by Gasteiger charge is 2.29. The van der Waals surface area contributed by atoms with Crippen LogP contribution in [-0.2, 0) is 4.74 Å². The van der Waals surface area contributed by atoms with E-state index < -0.39 is 0 Å². The summed E-state index contributed by atoms with van der Waals surface area (Å²) in [5, 5.41) is 14.3. The number of nitrogens with zero attached hydrogens (tertiary/aromatic N) is 2. The van der Waals surface area contributed by atoms with Crippen molar-refractivity contribution in [2.24, 2.45) is 0 Å². The third-order valence-corrected chi connectivity index (χ3v) is 3.27. The minimum Gasteiger partial charge on any atom is -0.493 e. The summed E-state index contributed by atoms with van der Waals surface area (Å²) >= 11 is 0. The van der Waals surface area contributed by atoms with Gasteiger partial charge in [0.05, 0.1) is 11.7 Å². The van der Waals surface area contributed by atoms with Gasteiger partial charge in [0.25, 0.3) is 0 Å². The van der Waals surface area contributed by atoms with Crippen molar-refractivity contribution in [3.63, 3.8) is 0 Å². The van der Waals surface area contributed by atoms with Gasteiger partial charge in [0.1, 0.15) is 0 Å². The predicted molar refractivity (Wildman–Crippen MR) is 55.0 cm³/mol. The Hall–Kier alpha value is -1.03. The molecule has 4 heteroatoms. The Morgan fingerprint density at radius 3 is 2.67 bits per heavy atom. The van der Waals surface area contributed by atoms with E-state index in [1.165, 1.54) is 12.8 Å². The van der Waals surface area contributed by atoms with Gasteiger partial charge in [-0.1, -0.05) is 0 Å². The lowest BCUT2D eigenvalue weighted by Crippen LogP contribution is -2.20. The van der Waals surface area contributed by atoms with Crippen LogP contribution >= 0.6 is 0 Å². The Balaban J connectivity index is 1.82. The van der Waals surface area contributed by atoms with Crippen LogP contribution in [0.1, 0.15) is 43.3 Å². The summed E-state index contributed by atoms with van der Waals surface area (Å²) in [6.45, 7) is 1.56. The SMILES string of the molecule is Oc1cc(C2CC2)nn1C1CCOCC1. The third kappa shape index (κ3) is 1.74. The normalized spacial score (nSPS) is 23.2. The van der Waals surface area contributed by atoms with E-state index in [1.54, 1.807) is 4.68 Å². The molecule has 0 amide bonds. The van der Waals surface area contributed by atoms with E-state index in [1.807, 2.05) is 6.07 Å². The van der Waals surface area contributed by atoms with Crippen molar-refractivity contribution in [3.8, 4) is 5.88 Å². The first-order valence-corrected chi connectivity index (χ1v) is 5.71. The number of hydrogen-bond donors (Lipinski definition) is 1. The number of aromatic nitrogens is 2. The third-order valence-electron chi connectivity index (χ3n) is 3.27. The van der Waals surface area contributed by atoms with Crippen molar-refractivity contribution in [1.29, 1.82) is 0 Å². The van der Waals surface area contributed by atoms with E-state index in [4.69, 9.17) is 4.74 Å². The zero-order valence-electron chi connectivity index (χ0n) is 8.72. The van der Waals surface area contributed by atoms with Gasteiger partial charge in [-0.2, -0.15) is 5.10 Å². The second kappa shape index (κ2) is 3.52. The van der Waals surface area contributed by atoms with Crippen molar-refractivity contribution in [3.05, 3.63) is 11.8 Å².